The summed E-state index contributed by atoms with van der Waals surface area (Å²) in [6.45, 7) is 7.85. The van der Waals surface area contributed by atoms with Gasteiger partial charge >= 0.3 is 0 Å². The number of hydrogen-bond donors (Lipinski definition) is 2. The topological polar surface area (TPSA) is 45.7 Å². The minimum atomic E-state index is 0.518. The quantitative estimate of drug-likeness (QED) is 0.405. The van der Waals surface area contributed by atoms with Crippen LogP contribution in [0.3, 0.4) is 0 Å². The Morgan fingerprint density at radius 1 is 1.18 bits per heavy atom. The van der Waals surface area contributed by atoms with Gasteiger partial charge in [0.1, 0.15) is 0 Å². The third-order valence-corrected chi connectivity index (χ3v) is 3.57. The van der Waals surface area contributed by atoms with Gasteiger partial charge in [-0.3, -0.25) is 0 Å². The Labute approximate surface area is 143 Å². The molecule has 0 unspecified atom stereocenters. The molecule has 0 radical (unpaired) electrons. The Morgan fingerprint density at radius 3 is 2.68 bits per heavy atom. The van der Waals surface area contributed by atoms with Gasteiger partial charge in [0.15, 0.2) is 5.96 Å². The maximum absolute atomic E-state index is 6.16. The minimum Gasteiger partial charge on any atom is -0.382 e. The fraction of sp³-hybridized carbons (Fsp3) is 0.562. The summed E-state index contributed by atoms with van der Waals surface area (Å²) in [5.74, 6) is 0.796. The van der Waals surface area contributed by atoms with Gasteiger partial charge in [-0.25, -0.2) is 4.99 Å². The molecular weight excluding hydrogens is 321 g/mol. The van der Waals surface area contributed by atoms with Crippen molar-refractivity contribution in [2.75, 3.05) is 26.3 Å². The highest BCUT2D eigenvalue weighted by Crippen LogP contribution is 2.21. The van der Waals surface area contributed by atoms with Crippen LogP contribution in [0.15, 0.2) is 23.2 Å². The molecule has 4 nitrogen and oxygen atoms in total. The molecule has 0 saturated heterocycles. The second kappa shape index (κ2) is 11.6. The fourth-order valence-electron chi connectivity index (χ4n) is 1.84. The lowest BCUT2D eigenvalue weighted by molar-refractivity contribution is 0.143. The monoisotopic (exact) mass is 345 g/mol. The van der Waals surface area contributed by atoms with Crippen molar-refractivity contribution in [3.8, 4) is 0 Å². The van der Waals surface area contributed by atoms with E-state index in [0.29, 0.717) is 16.6 Å². The highest BCUT2D eigenvalue weighted by molar-refractivity contribution is 6.35. The molecule has 0 aromatic heterocycles. The van der Waals surface area contributed by atoms with E-state index in [1.807, 2.05) is 26.0 Å². The Hall–Kier alpha value is -0.970. The van der Waals surface area contributed by atoms with Crippen LogP contribution >= 0.6 is 23.2 Å². The number of aliphatic imine (C=N–C) groups is 1. The van der Waals surface area contributed by atoms with E-state index in [-0.39, 0.29) is 0 Å². The molecule has 22 heavy (non-hydrogen) atoms. The first-order valence-corrected chi connectivity index (χ1v) is 8.46. The first-order valence-electron chi connectivity index (χ1n) is 7.71. The number of halogens is 2. The van der Waals surface area contributed by atoms with E-state index in [9.17, 15) is 0 Å². The first kappa shape index (κ1) is 19.1. The zero-order valence-corrected chi connectivity index (χ0v) is 14.8. The molecular formula is C16H25Cl2N3O. The summed E-state index contributed by atoms with van der Waals surface area (Å²) in [6, 6.07) is 5.47. The van der Waals surface area contributed by atoms with E-state index in [4.69, 9.17) is 27.9 Å². The number of rotatable bonds is 9. The van der Waals surface area contributed by atoms with Crippen molar-refractivity contribution in [1.82, 2.24) is 10.6 Å². The maximum Gasteiger partial charge on any atom is 0.191 e. The van der Waals surface area contributed by atoms with E-state index >= 15 is 0 Å². The number of guanidine groups is 1. The van der Waals surface area contributed by atoms with E-state index < -0.39 is 0 Å². The Morgan fingerprint density at radius 2 is 2.00 bits per heavy atom. The van der Waals surface area contributed by atoms with Gasteiger partial charge in [-0.1, -0.05) is 29.3 Å². The summed E-state index contributed by atoms with van der Waals surface area (Å²) < 4.78 is 5.32. The third kappa shape index (κ3) is 7.87. The van der Waals surface area contributed by atoms with Crippen LogP contribution in [-0.4, -0.2) is 32.3 Å². The van der Waals surface area contributed by atoms with Gasteiger partial charge in [-0.15, -0.1) is 0 Å². The van der Waals surface area contributed by atoms with Crippen LogP contribution in [0.1, 0.15) is 32.3 Å². The molecule has 0 heterocycles. The van der Waals surface area contributed by atoms with E-state index in [1.54, 1.807) is 6.07 Å². The smallest absolute Gasteiger partial charge is 0.191 e. The summed E-state index contributed by atoms with van der Waals surface area (Å²) in [7, 11) is 0. The largest absolute Gasteiger partial charge is 0.382 e. The lowest BCUT2D eigenvalue weighted by Gasteiger charge is -2.11. The van der Waals surface area contributed by atoms with Crippen molar-refractivity contribution in [2.45, 2.75) is 33.2 Å². The van der Waals surface area contributed by atoms with E-state index in [0.717, 1.165) is 50.7 Å². The summed E-state index contributed by atoms with van der Waals surface area (Å²) in [4.78, 5) is 4.54. The SMILES string of the molecule is CCNC(=NCc1ccc(Cl)cc1Cl)NCCCCOCC. The second-order valence-corrected chi connectivity index (χ2v) is 5.61. The van der Waals surface area contributed by atoms with Crippen molar-refractivity contribution in [3.05, 3.63) is 33.8 Å². The molecule has 0 saturated carbocycles. The first-order chi connectivity index (χ1) is 10.7. The van der Waals surface area contributed by atoms with Crippen LogP contribution in [-0.2, 0) is 11.3 Å². The highest BCUT2D eigenvalue weighted by atomic mass is 35.5. The van der Waals surface area contributed by atoms with Crippen LogP contribution in [0.5, 0.6) is 0 Å². The number of benzene rings is 1. The molecule has 2 N–H and O–H groups in total. The van der Waals surface area contributed by atoms with Gasteiger partial charge in [-0.2, -0.15) is 0 Å². The van der Waals surface area contributed by atoms with Crippen molar-refractivity contribution >= 4 is 29.2 Å². The van der Waals surface area contributed by atoms with Crippen LogP contribution in [0.25, 0.3) is 0 Å². The predicted molar refractivity (Wildman–Crippen MR) is 95.0 cm³/mol. The number of nitrogens with one attached hydrogen (secondary N) is 2. The number of hydrogen-bond acceptors (Lipinski definition) is 2. The van der Waals surface area contributed by atoms with Gasteiger partial charge < -0.3 is 15.4 Å². The van der Waals surface area contributed by atoms with Crippen LogP contribution < -0.4 is 10.6 Å². The number of unbranched alkanes of at least 4 members (excludes halogenated alkanes) is 1. The predicted octanol–water partition coefficient (Wildman–Crippen LogP) is 3.87. The molecule has 0 spiro atoms. The molecule has 0 fully saturated rings. The molecule has 1 aromatic rings. The molecule has 0 aliphatic rings. The van der Waals surface area contributed by atoms with Crippen molar-refractivity contribution in [3.63, 3.8) is 0 Å². The fourth-order valence-corrected chi connectivity index (χ4v) is 2.30. The van der Waals surface area contributed by atoms with Gasteiger partial charge in [0, 0.05) is 36.3 Å². The average Bonchev–Trinajstić information content (AvgIpc) is 2.49. The van der Waals surface area contributed by atoms with Gasteiger partial charge in [0.25, 0.3) is 0 Å². The van der Waals surface area contributed by atoms with Crippen LogP contribution in [0, 0.1) is 0 Å². The van der Waals surface area contributed by atoms with Crippen molar-refractivity contribution < 1.29 is 4.74 Å². The summed E-state index contributed by atoms with van der Waals surface area (Å²) >= 11 is 12.1. The Kier molecular flexibility index (Phi) is 10.0. The Bertz CT molecular complexity index is 467. The summed E-state index contributed by atoms with van der Waals surface area (Å²) in [5, 5.41) is 7.82. The maximum atomic E-state index is 6.16. The van der Waals surface area contributed by atoms with Crippen LogP contribution in [0.2, 0.25) is 10.0 Å². The lowest BCUT2D eigenvalue weighted by Crippen LogP contribution is -2.37. The summed E-state index contributed by atoms with van der Waals surface area (Å²) in [6.07, 6.45) is 2.09. The van der Waals surface area contributed by atoms with Crippen molar-refractivity contribution in [2.24, 2.45) is 4.99 Å². The van der Waals surface area contributed by atoms with Crippen LogP contribution in [0.4, 0.5) is 0 Å². The third-order valence-electron chi connectivity index (χ3n) is 2.98. The molecule has 0 aliphatic carbocycles. The molecule has 0 bridgehead atoms. The standard InChI is InChI=1S/C16H25Cl2N3O/c1-3-19-16(20-9-5-6-10-22-4-2)21-12-13-7-8-14(17)11-15(13)18/h7-8,11H,3-6,9-10,12H2,1-2H3,(H2,19,20,21). The minimum absolute atomic E-state index is 0.518. The molecule has 1 rings (SSSR count). The van der Waals surface area contributed by atoms with E-state index in [1.165, 1.54) is 0 Å². The highest BCUT2D eigenvalue weighted by Gasteiger charge is 2.02. The number of ether oxygens (including phenoxy) is 1. The van der Waals surface area contributed by atoms with Gasteiger partial charge in [0.2, 0.25) is 0 Å². The second-order valence-electron chi connectivity index (χ2n) is 4.76. The molecule has 1 aromatic carbocycles. The normalized spacial score (nSPS) is 11.5. The molecule has 0 amide bonds. The van der Waals surface area contributed by atoms with Crippen molar-refractivity contribution in [1.29, 1.82) is 0 Å². The molecule has 124 valence electrons. The average molecular weight is 346 g/mol. The number of nitrogens with zero attached hydrogens (tertiary/aromatic N) is 1. The lowest BCUT2D eigenvalue weighted by atomic mass is 10.2. The molecule has 6 heteroatoms. The van der Waals surface area contributed by atoms with Gasteiger partial charge in [-0.05, 0) is 44.4 Å². The molecule has 0 aliphatic heterocycles. The molecule has 0 atom stereocenters. The zero-order valence-electron chi connectivity index (χ0n) is 13.3. The zero-order chi connectivity index (χ0) is 16.2. The van der Waals surface area contributed by atoms with E-state index in [2.05, 4.69) is 15.6 Å². The van der Waals surface area contributed by atoms with Gasteiger partial charge in [0.05, 0.1) is 6.54 Å². The summed E-state index contributed by atoms with van der Waals surface area (Å²) in [5.41, 5.74) is 0.958. The Balaban J connectivity index is 2.44.